The first-order valence-corrected chi connectivity index (χ1v) is 36.4. The first-order chi connectivity index (χ1) is 41.7. The summed E-state index contributed by atoms with van der Waals surface area (Å²) in [6, 6.07) is -0.825. The molecular formula is C74H137NO10. The van der Waals surface area contributed by atoms with E-state index in [0.29, 0.717) is 19.4 Å². The van der Waals surface area contributed by atoms with Crippen molar-refractivity contribution in [3.05, 3.63) is 48.6 Å². The van der Waals surface area contributed by atoms with Gasteiger partial charge in [-0.25, -0.2) is 0 Å². The quantitative estimate of drug-likeness (QED) is 0.0195. The third-order valence-electron chi connectivity index (χ3n) is 17.2. The molecule has 1 aliphatic heterocycles. The zero-order chi connectivity index (χ0) is 61.6. The highest BCUT2D eigenvalue weighted by atomic mass is 16.7. The summed E-state index contributed by atoms with van der Waals surface area (Å²) >= 11 is 0. The van der Waals surface area contributed by atoms with Crippen LogP contribution in [0.3, 0.4) is 0 Å². The lowest BCUT2D eigenvalue weighted by molar-refractivity contribution is -0.302. The second kappa shape index (κ2) is 63.2. The number of rotatable bonds is 64. The Morgan fingerprint density at radius 1 is 0.435 bits per heavy atom. The molecule has 0 aromatic rings. The molecule has 6 N–H and O–H groups in total. The van der Waals surface area contributed by atoms with Gasteiger partial charge < -0.3 is 45.1 Å². The zero-order valence-electron chi connectivity index (χ0n) is 55.3. The van der Waals surface area contributed by atoms with Crippen molar-refractivity contribution in [1.29, 1.82) is 0 Å². The van der Waals surface area contributed by atoms with Gasteiger partial charge in [0.2, 0.25) is 5.91 Å². The largest absolute Gasteiger partial charge is 0.466 e. The lowest BCUT2D eigenvalue weighted by Crippen LogP contribution is -2.60. The van der Waals surface area contributed by atoms with Crippen LogP contribution in [0.25, 0.3) is 0 Å². The van der Waals surface area contributed by atoms with Gasteiger partial charge in [-0.3, -0.25) is 9.59 Å². The molecule has 1 rings (SSSR count). The molecule has 0 radical (unpaired) electrons. The van der Waals surface area contributed by atoms with Gasteiger partial charge in [-0.1, -0.05) is 306 Å². The number of carbonyl (C=O) groups is 2. The van der Waals surface area contributed by atoms with Crippen LogP contribution in [-0.4, -0.2) is 100 Å². The second-order valence-electron chi connectivity index (χ2n) is 25.3. The fourth-order valence-electron chi connectivity index (χ4n) is 11.4. The molecule has 7 unspecified atom stereocenters. The molecular weight excluding hydrogens is 1060 g/mol. The number of ether oxygens (including phenoxy) is 3. The highest BCUT2D eigenvalue weighted by Gasteiger charge is 2.44. The summed E-state index contributed by atoms with van der Waals surface area (Å²) in [5.41, 5.74) is 0. The van der Waals surface area contributed by atoms with Crippen molar-refractivity contribution in [3.63, 3.8) is 0 Å². The predicted octanol–water partition coefficient (Wildman–Crippen LogP) is 18.7. The van der Waals surface area contributed by atoms with Gasteiger partial charge in [0, 0.05) is 12.8 Å². The molecule has 498 valence electrons. The van der Waals surface area contributed by atoms with Crippen LogP contribution in [-0.2, 0) is 23.8 Å². The van der Waals surface area contributed by atoms with E-state index in [2.05, 4.69) is 55.6 Å². The highest BCUT2D eigenvalue weighted by Crippen LogP contribution is 2.23. The number of hydrogen-bond donors (Lipinski definition) is 6. The number of esters is 1. The average molecular weight is 1200 g/mol. The second-order valence-corrected chi connectivity index (χ2v) is 25.3. The minimum atomic E-state index is -1.58. The Labute approximate surface area is 523 Å². The Kier molecular flexibility index (Phi) is 60.0. The SMILES string of the molecule is CCCCCCC/C=C/CC/C=C/C(O)C(COC1OC(CO)C(O)C(O)C1O)NC(=O)CCCCCCCCCCCCCCCCCCC/C=C\C/C=C\CCCCCCCCCCCCCOC(=O)CCCCCCCCCCCCC. The van der Waals surface area contributed by atoms with Crippen LogP contribution >= 0.6 is 0 Å². The number of allylic oxidation sites excluding steroid dienone is 7. The molecule has 85 heavy (non-hydrogen) atoms. The number of carbonyl (C=O) groups excluding carboxylic acids is 2. The van der Waals surface area contributed by atoms with Gasteiger partial charge in [-0.2, -0.15) is 0 Å². The Morgan fingerprint density at radius 2 is 0.800 bits per heavy atom. The van der Waals surface area contributed by atoms with Crippen LogP contribution in [0.1, 0.15) is 348 Å². The minimum absolute atomic E-state index is 0.00965. The molecule has 1 heterocycles. The summed E-state index contributed by atoms with van der Waals surface area (Å²) in [6.45, 7) is 4.33. The van der Waals surface area contributed by atoms with Gasteiger partial charge in [0.15, 0.2) is 6.29 Å². The fraction of sp³-hybridized carbons (Fsp3) is 0.865. The van der Waals surface area contributed by atoms with Crippen molar-refractivity contribution in [3.8, 4) is 0 Å². The van der Waals surface area contributed by atoms with E-state index in [1.165, 1.54) is 263 Å². The first kappa shape index (κ1) is 80.6. The van der Waals surface area contributed by atoms with Crippen LogP contribution in [0.5, 0.6) is 0 Å². The molecule has 0 saturated carbocycles. The Bertz CT molecular complexity index is 1550. The predicted molar refractivity (Wildman–Crippen MR) is 357 cm³/mol. The molecule has 11 nitrogen and oxygen atoms in total. The van der Waals surface area contributed by atoms with E-state index >= 15 is 0 Å². The van der Waals surface area contributed by atoms with Crippen LogP contribution in [0.2, 0.25) is 0 Å². The number of amides is 1. The molecule has 1 saturated heterocycles. The summed E-state index contributed by atoms with van der Waals surface area (Å²) in [5.74, 6) is -0.180. The standard InChI is InChI=1S/C74H137NO10/c1-3-5-7-9-11-13-40-44-48-52-56-60-67(77)66(65-84-74-73(82)72(81)71(80)68(64-76)85-74)75-69(78)61-57-53-49-45-42-38-36-34-32-30-28-26-24-22-20-18-16-15-17-19-21-23-25-27-29-31-33-35-37-39-43-47-51-55-59-63-83-70(79)62-58-54-50-46-41-14-12-10-8-6-4-2/h17,19,23,25,40,44,56,60,66-68,71-74,76-77,80-82H,3-16,18,20-22,24,26-39,41-43,45-55,57-59,61-65H2,1-2H3,(H,75,78)/b19-17-,25-23-,44-40+,60-56+. The maximum atomic E-state index is 13.0. The lowest BCUT2D eigenvalue weighted by Gasteiger charge is -2.40. The van der Waals surface area contributed by atoms with Gasteiger partial charge in [0.05, 0.1) is 32.0 Å². The van der Waals surface area contributed by atoms with Crippen LogP contribution in [0, 0.1) is 0 Å². The van der Waals surface area contributed by atoms with Crippen LogP contribution in [0.15, 0.2) is 48.6 Å². The van der Waals surface area contributed by atoms with E-state index in [9.17, 15) is 35.1 Å². The van der Waals surface area contributed by atoms with Gasteiger partial charge in [-0.15, -0.1) is 0 Å². The van der Waals surface area contributed by atoms with E-state index in [4.69, 9.17) is 14.2 Å². The molecule has 11 heteroatoms. The maximum Gasteiger partial charge on any atom is 0.305 e. The number of unbranched alkanes of at least 4 members (excludes halogenated alkanes) is 44. The maximum absolute atomic E-state index is 13.0. The number of aliphatic hydroxyl groups is 5. The van der Waals surface area contributed by atoms with Crippen LogP contribution < -0.4 is 5.32 Å². The van der Waals surface area contributed by atoms with Crippen molar-refractivity contribution < 1.29 is 49.3 Å². The monoisotopic (exact) mass is 1200 g/mol. The highest BCUT2D eigenvalue weighted by molar-refractivity contribution is 5.76. The summed E-state index contributed by atoms with van der Waals surface area (Å²) in [4.78, 5) is 25.1. The average Bonchev–Trinajstić information content (AvgIpc) is 3.67. The molecule has 0 aromatic carbocycles. The number of hydrogen-bond acceptors (Lipinski definition) is 10. The molecule has 1 fully saturated rings. The van der Waals surface area contributed by atoms with E-state index < -0.39 is 49.5 Å². The molecule has 0 spiro atoms. The molecule has 1 amide bonds. The minimum Gasteiger partial charge on any atom is -0.466 e. The van der Waals surface area contributed by atoms with Crippen molar-refractivity contribution in [2.24, 2.45) is 0 Å². The zero-order valence-corrected chi connectivity index (χ0v) is 55.3. The molecule has 0 bridgehead atoms. The number of nitrogens with one attached hydrogen (secondary N) is 1. The van der Waals surface area contributed by atoms with E-state index in [1.807, 2.05) is 6.08 Å². The molecule has 1 aliphatic rings. The van der Waals surface area contributed by atoms with Gasteiger partial charge >= 0.3 is 5.97 Å². The molecule has 0 aromatic heterocycles. The topological polar surface area (TPSA) is 175 Å². The van der Waals surface area contributed by atoms with Gasteiger partial charge in [0.25, 0.3) is 0 Å². The lowest BCUT2D eigenvalue weighted by atomic mass is 9.99. The van der Waals surface area contributed by atoms with Crippen molar-refractivity contribution in [2.45, 2.75) is 391 Å². The number of aliphatic hydroxyl groups excluding tert-OH is 5. The van der Waals surface area contributed by atoms with Gasteiger partial charge in [0.1, 0.15) is 24.4 Å². The van der Waals surface area contributed by atoms with E-state index in [1.54, 1.807) is 6.08 Å². The summed E-state index contributed by atoms with van der Waals surface area (Å²) in [5, 5.41) is 54.4. The third-order valence-corrected chi connectivity index (χ3v) is 17.2. The first-order valence-electron chi connectivity index (χ1n) is 36.4. The Morgan fingerprint density at radius 3 is 1.24 bits per heavy atom. The Hall–Kier alpha value is -2.38. The van der Waals surface area contributed by atoms with Gasteiger partial charge in [-0.05, 0) is 77.0 Å². The Balaban J connectivity index is 1.94. The van der Waals surface area contributed by atoms with E-state index in [0.717, 1.165) is 57.8 Å². The fourth-order valence-corrected chi connectivity index (χ4v) is 11.4. The van der Waals surface area contributed by atoms with Crippen molar-refractivity contribution >= 4 is 11.9 Å². The normalized spacial score (nSPS) is 18.2. The van der Waals surface area contributed by atoms with Crippen LogP contribution in [0.4, 0.5) is 0 Å². The molecule has 0 aliphatic carbocycles. The van der Waals surface area contributed by atoms with Crippen molar-refractivity contribution in [1.82, 2.24) is 5.32 Å². The molecule has 7 atom stereocenters. The third kappa shape index (κ3) is 52.1. The van der Waals surface area contributed by atoms with Crippen molar-refractivity contribution in [2.75, 3.05) is 19.8 Å². The summed E-state index contributed by atoms with van der Waals surface area (Å²) < 4.78 is 16.7. The van der Waals surface area contributed by atoms with E-state index in [-0.39, 0.29) is 18.5 Å². The smallest absolute Gasteiger partial charge is 0.305 e. The summed E-state index contributed by atoms with van der Waals surface area (Å²) in [7, 11) is 0. The summed E-state index contributed by atoms with van der Waals surface area (Å²) in [6.07, 6.45) is 72.7.